The van der Waals surface area contributed by atoms with Crippen molar-refractivity contribution in [2.75, 3.05) is 0 Å². The van der Waals surface area contributed by atoms with Crippen LogP contribution in [0.25, 0.3) is 0 Å². The van der Waals surface area contributed by atoms with E-state index in [2.05, 4.69) is 4.99 Å². The molecule has 0 aliphatic heterocycles. The first-order chi connectivity index (χ1) is 4.70. The largest absolute Gasteiger partial charge is 0.390 e. The van der Waals surface area contributed by atoms with Crippen LogP contribution in [0.3, 0.4) is 0 Å². The fourth-order valence-electron chi connectivity index (χ4n) is 0.568. The van der Waals surface area contributed by atoms with Crippen LogP contribution < -0.4 is 5.73 Å². The fourth-order valence-corrected chi connectivity index (χ4v) is 0.568. The maximum absolute atomic E-state index is 5.09. The Hall–Kier alpha value is -1.05. The Morgan fingerprint density at radius 2 is 2.00 bits per heavy atom. The second-order valence-corrected chi connectivity index (χ2v) is 2.10. The molecule has 0 amide bonds. The van der Waals surface area contributed by atoms with Gasteiger partial charge in [-0.1, -0.05) is 11.6 Å². The molecule has 0 aromatic carbocycles. The van der Waals surface area contributed by atoms with Crippen molar-refractivity contribution < 1.29 is 0 Å². The van der Waals surface area contributed by atoms with Gasteiger partial charge in [0, 0.05) is 5.70 Å². The summed E-state index contributed by atoms with van der Waals surface area (Å²) in [6, 6.07) is 0. The Kier molecular flexibility index (Phi) is 4.29. The first kappa shape index (κ1) is 8.95. The molecular formula is C8H14N2. The van der Waals surface area contributed by atoms with E-state index in [9.17, 15) is 0 Å². The highest BCUT2D eigenvalue weighted by atomic mass is 14.8. The summed E-state index contributed by atoms with van der Waals surface area (Å²) in [5.74, 6) is 0. The van der Waals surface area contributed by atoms with E-state index in [1.807, 2.05) is 32.9 Å². The van der Waals surface area contributed by atoms with Gasteiger partial charge < -0.3 is 5.73 Å². The molecule has 0 aromatic heterocycles. The minimum Gasteiger partial charge on any atom is -0.390 e. The maximum Gasteiger partial charge on any atom is 0.0856 e. The van der Waals surface area contributed by atoms with E-state index in [4.69, 9.17) is 5.73 Å². The molecule has 0 atom stereocenters. The average Bonchev–Trinajstić information content (AvgIpc) is 1.88. The van der Waals surface area contributed by atoms with Crippen LogP contribution >= 0.6 is 0 Å². The summed E-state index contributed by atoms with van der Waals surface area (Å²) in [5, 5.41) is 0. The number of allylic oxidation sites excluding steroid dienone is 4. The van der Waals surface area contributed by atoms with Crippen LogP contribution in [0.15, 0.2) is 28.4 Å². The van der Waals surface area contributed by atoms with Crippen molar-refractivity contribution in [3.05, 3.63) is 23.4 Å². The van der Waals surface area contributed by atoms with Gasteiger partial charge in [0.25, 0.3) is 0 Å². The van der Waals surface area contributed by atoms with Crippen molar-refractivity contribution in [1.29, 1.82) is 0 Å². The first-order valence-corrected chi connectivity index (χ1v) is 3.26. The molecule has 0 saturated carbocycles. The molecule has 2 nitrogen and oxygen atoms in total. The van der Waals surface area contributed by atoms with Crippen molar-refractivity contribution in [2.24, 2.45) is 10.7 Å². The summed E-state index contributed by atoms with van der Waals surface area (Å²) >= 11 is 0. The molecule has 0 saturated heterocycles. The van der Waals surface area contributed by atoms with Gasteiger partial charge in [-0.15, -0.1) is 0 Å². The van der Waals surface area contributed by atoms with Crippen LogP contribution in [0.5, 0.6) is 0 Å². The molecule has 0 heterocycles. The fraction of sp³-hybridized carbons (Fsp3) is 0.375. The Morgan fingerprint density at radius 3 is 2.40 bits per heavy atom. The van der Waals surface area contributed by atoms with Crippen LogP contribution in [-0.4, -0.2) is 6.34 Å². The topological polar surface area (TPSA) is 38.4 Å². The molecule has 0 aliphatic rings. The van der Waals surface area contributed by atoms with E-state index in [1.54, 1.807) is 0 Å². The van der Waals surface area contributed by atoms with Gasteiger partial charge in [-0.25, -0.2) is 4.99 Å². The minimum absolute atomic E-state index is 0.929. The molecule has 0 unspecified atom stereocenters. The van der Waals surface area contributed by atoms with E-state index >= 15 is 0 Å². The summed E-state index contributed by atoms with van der Waals surface area (Å²) < 4.78 is 0. The molecular weight excluding hydrogens is 124 g/mol. The van der Waals surface area contributed by atoms with Gasteiger partial charge in [0.2, 0.25) is 0 Å². The van der Waals surface area contributed by atoms with Gasteiger partial charge in [-0.2, -0.15) is 0 Å². The van der Waals surface area contributed by atoms with Crippen LogP contribution in [0.2, 0.25) is 0 Å². The second kappa shape index (κ2) is 4.79. The number of nitrogens with zero attached hydrogens (tertiary/aromatic N) is 1. The minimum atomic E-state index is 0.929. The van der Waals surface area contributed by atoms with Gasteiger partial charge in [0.1, 0.15) is 0 Å². The lowest BCUT2D eigenvalue weighted by Crippen LogP contribution is -1.87. The highest BCUT2D eigenvalue weighted by Crippen LogP contribution is 2.00. The lowest BCUT2D eigenvalue weighted by atomic mass is 10.2. The molecule has 10 heavy (non-hydrogen) atoms. The van der Waals surface area contributed by atoms with Gasteiger partial charge in [0.15, 0.2) is 0 Å². The first-order valence-electron chi connectivity index (χ1n) is 3.26. The Balaban J connectivity index is 4.16. The lowest BCUT2D eigenvalue weighted by molar-refractivity contribution is 1.28. The van der Waals surface area contributed by atoms with Crippen molar-refractivity contribution in [3.63, 3.8) is 0 Å². The third kappa shape index (κ3) is 3.89. The summed E-state index contributed by atoms with van der Waals surface area (Å²) in [5.41, 5.74) is 7.22. The van der Waals surface area contributed by atoms with Crippen molar-refractivity contribution >= 4 is 6.34 Å². The van der Waals surface area contributed by atoms with Gasteiger partial charge in [-0.05, 0) is 26.8 Å². The van der Waals surface area contributed by atoms with E-state index in [1.165, 1.54) is 11.9 Å². The third-order valence-corrected chi connectivity index (χ3v) is 1.17. The van der Waals surface area contributed by atoms with Crippen LogP contribution in [0, 0.1) is 0 Å². The zero-order valence-electron chi connectivity index (χ0n) is 6.76. The molecule has 0 bridgehead atoms. The summed E-state index contributed by atoms with van der Waals surface area (Å²) in [6.07, 6.45) is 5.30. The molecule has 0 aliphatic carbocycles. The predicted molar refractivity (Wildman–Crippen MR) is 45.9 cm³/mol. The smallest absolute Gasteiger partial charge is 0.0856 e. The van der Waals surface area contributed by atoms with E-state index in [-0.39, 0.29) is 0 Å². The highest BCUT2D eigenvalue weighted by Gasteiger charge is 1.82. The maximum atomic E-state index is 5.09. The Labute approximate surface area is 62.1 Å². The third-order valence-electron chi connectivity index (χ3n) is 1.17. The molecule has 2 N–H and O–H groups in total. The summed E-state index contributed by atoms with van der Waals surface area (Å²) in [6.45, 7) is 5.93. The standard InChI is InChI=1S/C8H14N2/c1-4-7(2)5-8(3)10-6-9/h4-6H,1-3H3,(H2,9,10)/b7-4-,8-5-. The summed E-state index contributed by atoms with van der Waals surface area (Å²) in [7, 11) is 0. The molecule has 0 rings (SSSR count). The Bertz CT molecular complexity index is 176. The van der Waals surface area contributed by atoms with Gasteiger partial charge >= 0.3 is 0 Å². The average molecular weight is 138 g/mol. The van der Waals surface area contributed by atoms with Crippen LogP contribution in [0.1, 0.15) is 20.8 Å². The predicted octanol–water partition coefficient (Wildman–Crippen LogP) is 1.84. The van der Waals surface area contributed by atoms with Crippen LogP contribution in [-0.2, 0) is 0 Å². The van der Waals surface area contributed by atoms with E-state index in [0.717, 1.165) is 5.70 Å². The highest BCUT2D eigenvalue weighted by molar-refractivity contribution is 5.53. The number of nitrogens with two attached hydrogens (primary N) is 1. The van der Waals surface area contributed by atoms with Crippen molar-refractivity contribution in [3.8, 4) is 0 Å². The van der Waals surface area contributed by atoms with E-state index < -0.39 is 0 Å². The number of hydrogen-bond donors (Lipinski definition) is 1. The zero-order valence-corrected chi connectivity index (χ0v) is 6.76. The second-order valence-electron chi connectivity index (χ2n) is 2.10. The van der Waals surface area contributed by atoms with E-state index in [0.29, 0.717) is 0 Å². The molecule has 0 fully saturated rings. The van der Waals surface area contributed by atoms with Crippen molar-refractivity contribution in [2.45, 2.75) is 20.8 Å². The number of aliphatic imine (C=N–C) groups is 1. The van der Waals surface area contributed by atoms with Crippen molar-refractivity contribution in [1.82, 2.24) is 0 Å². The zero-order chi connectivity index (χ0) is 7.98. The molecule has 2 heteroatoms. The molecule has 0 aromatic rings. The summed E-state index contributed by atoms with van der Waals surface area (Å²) in [4.78, 5) is 3.89. The normalized spacial score (nSPS) is 14.7. The number of rotatable bonds is 2. The van der Waals surface area contributed by atoms with Gasteiger partial charge in [-0.3, -0.25) is 0 Å². The Morgan fingerprint density at radius 1 is 1.40 bits per heavy atom. The van der Waals surface area contributed by atoms with Gasteiger partial charge in [0.05, 0.1) is 6.34 Å². The molecule has 0 radical (unpaired) electrons. The molecule has 0 spiro atoms. The number of hydrogen-bond acceptors (Lipinski definition) is 1. The lowest BCUT2D eigenvalue weighted by Gasteiger charge is -1.90. The quantitative estimate of drug-likeness (QED) is 0.353. The SMILES string of the molecule is C/C=C(C)\C=C(\C)N=CN. The monoisotopic (exact) mass is 138 g/mol. The molecule has 56 valence electrons. The van der Waals surface area contributed by atoms with Crippen LogP contribution in [0.4, 0.5) is 0 Å².